The van der Waals surface area contributed by atoms with Crippen LogP contribution < -0.4 is 9.64 Å². The summed E-state index contributed by atoms with van der Waals surface area (Å²) in [6.07, 6.45) is 3.24. The molecule has 1 fully saturated rings. The molecule has 1 aromatic carbocycles. The van der Waals surface area contributed by atoms with E-state index in [1.165, 1.54) is 16.2 Å². The first-order valence-electron chi connectivity index (χ1n) is 9.36. The van der Waals surface area contributed by atoms with Crippen molar-refractivity contribution in [3.63, 3.8) is 0 Å². The van der Waals surface area contributed by atoms with Gasteiger partial charge in [0.15, 0.2) is 0 Å². The van der Waals surface area contributed by atoms with E-state index in [0.717, 1.165) is 37.2 Å². The molecule has 2 aromatic rings. The number of thiophene rings is 1. The SMILES string of the molecule is CCOc1ccccc1N1C(=O)C(c2cccs2)=C(N2CCCCC2)C1=O. The Kier molecular flexibility index (Phi) is 4.99. The number of likely N-dealkylation sites (tertiary alicyclic amines) is 1. The molecule has 2 aliphatic rings. The van der Waals surface area contributed by atoms with E-state index >= 15 is 0 Å². The molecule has 1 saturated heterocycles. The number of para-hydroxylation sites is 2. The summed E-state index contributed by atoms with van der Waals surface area (Å²) in [5.41, 5.74) is 1.56. The number of hydrogen-bond acceptors (Lipinski definition) is 5. The number of anilines is 1. The molecular weight excluding hydrogens is 360 g/mol. The number of rotatable bonds is 5. The van der Waals surface area contributed by atoms with E-state index in [4.69, 9.17) is 4.74 Å². The highest BCUT2D eigenvalue weighted by molar-refractivity contribution is 7.11. The van der Waals surface area contributed by atoms with Gasteiger partial charge in [0.1, 0.15) is 11.4 Å². The van der Waals surface area contributed by atoms with Crippen LogP contribution in [0.5, 0.6) is 5.75 Å². The molecule has 0 radical (unpaired) electrons. The molecule has 0 saturated carbocycles. The molecular formula is C21H22N2O3S. The molecule has 0 spiro atoms. The first kappa shape index (κ1) is 17.8. The lowest BCUT2D eigenvalue weighted by Gasteiger charge is -2.29. The lowest BCUT2D eigenvalue weighted by molar-refractivity contribution is -0.120. The van der Waals surface area contributed by atoms with Gasteiger partial charge in [-0.05, 0) is 49.8 Å². The number of nitrogens with zero attached hydrogens (tertiary/aromatic N) is 2. The lowest BCUT2D eigenvalue weighted by atomic mass is 10.1. The summed E-state index contributed by atoms with van der Waals surface area (Å²) in [6.45, 7) is 3.98. The van der Waals surface area contributed by atoms with Gasteiger partial charge in [0.25, 0.3) is 11.8 Å². The van der Waals surface area contributed by atoms with Gasteiger partial charge in [-0.25, -0.2) is 4.90 Å². The number of carbonyl (C=O) groups excluding carboxylic acids is 2. The number of hydrogen-bond donors (Lipinski definition) is 0. The monoisotopic (exact) mass is 382 g/mol. The molecule has 0 N–H and O–H groups in total. The van der Waals surface area contributed by atoms with Gasteiger partial charge in [0, 0.05) is 18.0 Å². The Hall–Kier alpha value is -2.60. The highest BCUT2D eigenvalue weighted by Crippen LogP contribution is 2.40. The van der Waals surface area contributed by atoms with Gasteiger partial charge >= 0.3 is 0 Å². The molecule has 2 amide bonds. The van der Waals surface area contributed by atoms with Gasteiger partial charge in [-0.15, -0.1) is 11.3 Å². The van der Waals surface area contributed by atoms with Gasteiger partial charge in [0.05, 0.1) is 17.9 Å². The smallest absolute Gasteiger partial charge is 0.282 e. The van der Waals surface area contributed by atoms with Crippen LogP contribution in [0.1, 0.15) is 31.1 Å². The highest BCUT2D eigenvalue weighted by Gasteiger charge is 2.43. The van der Waals surface area contributed by atoms with Crippen molar-refractivity contribution in [1.29, 1.82) is 0 Å². The predicted molar refractivity (Wildman–Crippen MR) is 107 cm³/mol. The van der Waals surface area contributed by atoms with Crippen LogP contribution in [0, 0.1) is 0 Å². The van der Waals surface area contributed by atoms with Crippen molar-refractivity contribution in [3.05, 3.63) is 52.4 Å². The molecule has 0 aliphatic carbocycles. The van der Waals surface area contributed by atoms with Crippen molar-refractivity contribution in [2.24, 2.45) is 0 Å². The van der Waals surface area contributed by atoms with Crippen LogP contribution in [0.2, 0.25) is 0 Å². The van der Waals surface area contributed by atoms with Crippen LogP contribution in [0.3, 0.4) is 0 Å². The Morgan fingerprint density at radius 3 is 2.48 bits per heavy atom. The van der Waals surface area contributed by atoms with E-state index in [9.17, 15) is 9.59 Å². The third kappa shape index (κ3) is 3.14. The number of imide groups is 1. The van der Waals surface area contributed by atoms with Crippen LogP contribution in [-0.2, 0) is 9.59 Å². The summed E-state index contributed by atoms with van der Waals surface area (Å²) in [6, 6.07) is 11.1. The molecule has 27 heavy (non-hydrogen) atoms. The molecule has 5 nitrogen and oxygen atoms in total. The number of ether oxygens (including phenoxy) is 1. The van der Waals surface area contributed by atoms with Gasteiger partial charge in [-0.1, -0.05) is 18.2 Å². The van der Waals surface area contributed by atoms with Crippen molar-refractivity contribution < 1.29 is 14.3 Å². The fourth-order valence-electron chi connectivity index (χ4n) is 3.71. The first-order valence-corrected chi connectivity index (χ1v) is 10.2. The van der Waals surface area contributed by atoms with Crippen LogP contribution >= 0.6 is 11.3 Å². The van der Waals surface area contributed by atoms with Crippen molar-refractivity contribution >= 4 is 34.4 Å². The van der Waals surface area contributed by atoms with Crippen molar-refractivity contribution in [2.45, 2.75) is 26.2 Å². The average Bonchev–Trinajstić information content (AvgIpc) is 3.30. The van der Waals surface area contributed by atoms with Gasteiger partial charge in [-0.3, -0.25) is 9.59 Å². The molecule has 1 aromatic heterocycles. The maximum Gasteiger partial charge on any atom is 0.282 e. The number of benzene rings is 1. The minimum Gasteiger partial charge on any atom is -0.492 e. The Morgan fingerprint density at radius 2 is 1.78 bits per heavy atom. The average molecular weight is 382 g/mol. The quantitative estimate of drug-likeness (QED) is 0.736. The number of piperidine rings is 1. The maximum atomic E-state index is 13.4. The molecule has 3 heterocycles. The van der Waals surface area contributed by atoms with Gasteiger partial charge < -0.3 is 9.64 Å². The van der Waals surface area contributed by atoms with Crippen LogP contribution in [0.4, 0.5) is 5.69 Å². The maximum absolute atomic E-state index is 13.4. The van der Waals surface area contributed by atoms with E-state index in [1.54, 1.807) is 12.1 Å². The Balaban J connectivity index is 1.80. The molecule has 4 rings (SSSR count). The third-order valence-corrected chi connectivity index (χ3v) is 5.79. The third-order valence-electron chi connectivity index (χ3n) is 4.91. The zero-order valence-electron chi connectivity index (χ0n) is 15.3. The second kappa shape index (κ2) is 7.56. The summed E-state index contributed by atoms with van der Waals surface area (Å²) in [7, 11) is 0. The van der Waals surface area contributed by atoms with E-state index in [2.05, 4.69) is 4.90 Å². The predicted octanol–water partition coefficient (Wildman–Crippen LogP) is 3.92. The molecule has 0 bridgehead atoms. The zero-order valence-corrected chi connectivity index (χ0v) is 16.1. The van der Waals surface area contributed by atoms with E-state index < -0.39 is 0 Å². The number of carbonyl (C=O) groups is 2. The van der Waals surface area contributed by atoms with E-state index in [-0.39, 0.29) is 11.8 Å². The Bertz CT molecular complexity index is 883. The fourth-order valence-corrected chi connectivity index (χ4v) is 4.47. The summed E-state index contributed by atoms with van der Waals surface area (Å²) in [5.74, 6) is 0.0275. The Labute approximate surface area is 162 Å². The molecule has 140 valence electrons. The van der Waals surface area contributed by atoms with Gasteiger partial charge in [0.2, 0.25) is 0 Å². The molecule has 0 atom stereocenters. The summed E-state index contributed by atoms with van der Waals surface area (Å²) >= 11 is 1.49. The molecule has 6 heteroatoms. The molecule has 0 unspecified atom stereocenters. The minimum absolute atomic E-state index is 0.252. The normalized spacial score (nSPS) is 17.8. The summed E-state index contributed by atoms with van der Waals surface area (Å²) < 4.78 is 5.68. The second-order valence-electron chi connectivity index (χ2n) is 6.60. The van der Waals surface area contributed by atoms with E-state index in [1.807, 2.05) is 36.6 Å². The van der Waals surface area contributed by atoms with Gasteiger partial charge in [-0.2, -0.15) is 0 Å². The lowest BCUT2D eigenvalue weighted by Crippen LogP contribution is -2.37. The topological polar surface area (TPSA) is 49.9 Å². The number of amides is 2. The van der Waals surface area contributed by atoms with Crippen molar-refractivity contribution in [3.8, 4) is 5.75 Å². The van der Waals surface area contributed by atoms with Crippen LogP contribution in [-0.4, -0.2) is 36.4 Å². The van der Waals surface area contributed by atoms with Crippen molar-refractivity contribution in [1.82, 2.24) is 4.90 Å². The van der Waals surface area contributed by atoms with Crippen LogP contribution in [0.15, 0.2) is 47.5 Å². The summed E-state index contributed by atoms with van der Waals surface area (Å²) in [4.78, 5) is 31.0. The molecule has 2 aliphatic heterocycles. The standard InChI is InChI=1S/C21H22N2O3S/c1-2-26-16-10-5-4-9-15(16)23-20(24)18(17-11-8-14-27-17)19(21(23)25)22-12-6-3-7-13-22/h4-5,8-11,14H,2-3,6-7,12-13H2,1H3. The van der Waals surface area contributed by atoms with Crippen molar-refractivity contribution in [2.75, 3.05) is 24.6 Å². The van der Waals surface area contributed by atoms with E-state index in [0.29, 0.717) is 29.3 Å². The minimum atomic E-state index is -0.268. The Morgan fingerprint density at radius 1 is 1.00 bits per heavy atom. The largest absolute Gasteiger partial charge is 0.492 e. The second-order valence-corrected chi connectivity index (χ2v) is 7.54. The zero-order chi connectivity index (χ0) is 18.8. The summed E-state index contributed by atoms with van der Waals surface area (Å²) in [5, 5.41) is 1.94. The first-order chi connectivity index (χ1) is 13.2. The highest BCUT2D eigenvalue weighted by atomic mass is 32.1. The van der Waals surface area contributed by atoms with Crippen LogP contribution in [0.25, 0.3) is 5.57 Å². The fraction of sp³-hybridized carbons (Fsp3) is 0.333.